The second-order valence-electron chi connectivity index (χ2n) is 5.65. The van der Waals surface area contributed by atoms with E-state index in [0.717, 1.165) is 42.9 Å². The molecule has 0 aliphatic heterocycles. The second-order valence-corrected chi connectivity index (χ2v) is 5.65. The maximum absolute atomic E-state index is 5.41. The maximum Gasteiger partial charge on any atom is 0.167 e. The minimum absolute atomic E-state index is 0.683. The summed E-state index contributed by atoms with van der Waals surface area (Å²) in [5.74, 6) is 1.52. The average molecular weight is 272 g/mol. The Hall–Kier alpha value is -1.61. The number of nitrogens with one attached hydrogen (secondary N) is 1. The summed E-state index contributed by atoms with van der Waals surface area (Å²) in [5.41, 5.74) is 3.42. The molecule has 3 nitrogen and oxygen atoms in total. The first kappa shape index (κ1) is 14.8. The highest BCUT2D eigenvalue weighted by Gasteiger charge is 2.07. The topological polar surface area (TPSA) is 38.1 Å². The fourth-order valence-electron chi connectivity index (χ4n) is 2.20. The van der Waals surface area contributed by atoms with E-state index in [4.69, 9.17) is 4.52 Å². The van der Waals surface area contributed by atoms with Crippen molar-refractivity contribution in [2.24, 2.45) is 5.92 Å². The third-order valence-electron chi connectivity index (χ3n) is 3.17. The summed E-state index contributed by atoms with van der Waals surface area (Å²) >= 11 is 0. The number of hydrogen-bond donors (Lipinski definition) is 1. The Morgan fingerprint density at radius 1 is 1.20 bits per heavy atom. The van der Waals surface area contributed by atoms with Gasteiger partial charge in [0.15, 0.2) is 5.76 Å². The molecule has 0 amide bonds. The lowest BCUT2D eigenvalue weighted by molar-refractivity contribution is 0.420. The predicted molar refractivity (Wildman–Crippen MR) is 82.5 cm³/mol. The Labute approximate surface area is 121 Å². The van der Waals surface area contributed by atoms with Crippen molar-refractivity contribution in [3.63, 3.8) is 0 Å². The molecule has 3 heteroatoms. The summed E-state index contributed by atoms with van der Waals surface area (Å²) < 4.78 is 5.41. The summed E-state index contributed by atoms with van der Waals surface area (Å²) in [6.45, 7) is 8.40. The van der Waals surface area contributed by atoms with E-state index in [9.17, 15) is 0 Å². The number of benzene rings is 1. The first-order valence-corrected chi connectivity index (χ1v) is 7.44. The van der Waals surface area contributed by atoms with Gasteiger partial charge in [-0.3, -0.25) is 0 Å². The Balaban J connectivity index is 2.00. The van der Waals surface area contributed by atoms with Crippen LogP contribution >= 0.6 is 0 Å². The van der Waals surface area contributed by atoms with Crippen molar-refractivity contribution >= 4 is 0 Å². The van der Waals surface area contributed by atoms with Crippen LogP contribution in [-0.4, -0.2) is 11.7 Å². The second kappa shape index (κ2) is 7.25. The standard InChI is InChI=1S/C17H24N2O/c1-4-9-18-12-16-11-17(20-19-16)15-7-5-14(6-8-15)10-13(2)3/h5-8,11,13,18H,4,9-10,12H2,1-3H3. The molecular formula is C17H24N2O. The molecule has 0 aliphatic carbocycles. The van der Waals surface area contributed by atoms with Gasteiger partial charge >= 0.3 is 0 Å². The van der Waals surface area contributed by atoms with Gasteiger partial charge < -0.3 is 9.84 Å². The highest BCUT2D eigenvalue weighted by atomic mass is 16.5. The molecule has 0 saturated carbocycles. The highest BCUT2D eigenvalue weighted by molar-refractivity contribution is 5.57. The van der Waals surface area contributed by atoms with Gasteiger partial charge in [-0.15, -0.1) is 0 Å². The summed E-state index contributed by atoms with van der Waals surface area (Å²) in [4.78, 5) is 0. The molecule has 108 valence electrons. The van der Waals surface area contributed by atoms with E-state index in [0.29, 0.717) is 5.92 Å². The number of nitrogens with zero attached hydrogens (tertiary/aromatic N) is 1. The van der Waals surface area contributed by atoms with Crippen LogP contribution < -0.4 is 5.32 Å². The van der Waals surface area contributed by atoms with E-state index in [1.54, 1.807) is 0 Å². The fraction of sp³-hybridized carbons (Fsp3) is 0.471. The SMILES string of the molecule is CCCNCc1cc(-c2ccc(CC(C)C)cc2)on1. The molecule has 0 saturated heterocycles. The smallest absolute Gasteiger partial charge is 0.167 e. The van der Waals surface area contributed by atoms with Gasteiger partial charge in [-0.25, -0.2) is 0 Å². The lowest BCUT2D eigenvalue weighted by atomic mass is 10.0. The van der Waals surface area contributed by atoms with E-state index < -0.39 is 0 Å². The Morgan fingerprint density at radius 3 is 2.60 bits per heavy atom. The zero-order valence-electron chi connectivity index (χ0n) is 12.6. The van der Waals surface area contributed by atoms with Gasteiger partial charge in [-0.1, -0.05) is 50.2 Å². The molecule has 0 aliphatic rings. The molecule has 0 fully saturated rings. The summed E-state index contributed by atoms with van der Waals surface area (Å²) in [6.07, 6.45) is 2.24. The van der Waals surface area contributed by atoms with E-state index in [1.807, 2.05) is 6.07 Å². The third kappa shape index (κ3) is 4.20. The molecule has 1 heterocycles. The van der Waals surface area contributed by atoms with Crippen LogP contribution in [0.1, 0.15) is 38.4 Å². The van der Waals surface area contributed by atoms with Crippen molar-refractivity contribution in [3.8, 4) is 11.3 Å². The monoisotopic (exact) mass is 272 g/mol. The van der Waals surface area contributed by atoms with Crippen molar-refractivity contribution in [2.45, 2.75) is 40.2 Å². The van der Waals surface area contributed by atoms with Crippen molar-refractivity contribution < 1.29 is 4.52 Å². The van der Waals surface area contributed by atoms with Gasteiger partial charge in [-0.2, -0.15) is 0 Å². The summed E-state index contributed by atoms with van der Waals surface area (Å²) in [7, 11) is 0. The Morgan fingerprint density at radius 2 is 1.95 bits per heavy atom. The van der Waals surface area contributed by atoms with E-state index in [1.165, 1.54) is 5.56 Å². The number of aromatic nitrogens is 1. The highest BCUT2D eigenvalue weighted by Crippen LogP contribution is 2.21. The van der Waals surface area contributed by atoms with Crippen LogP contribution in [0.25, 0.3) is 11.3 Å². The van der Waals surface area contributed by atoms with Gasteiger partial charge in [0.2, 0.25) is 0 Å². The van der Waals surface area contributed by atoms with Crippen molar-refractivity contribution in [1.82, 2.24) is 10.5 Å². The molecule has 20 heavy (non-hydrogen) atoms. The van der Waals surface area contributed by atoms with Crippen LogP contribution in [-0.2, 0) is 13.0 Å². The van der Waals surface area contributed by atoms with Gasteiger partial charge in [0.05, 0.1) is 5.69 Å². The van der Waals surface area contributed by atoms with Crippen LogP contribution in [0.15, 0.2) is 34.9 Å². The molecular weight excluding hydrogens is 248 g/mol. The van der Waals surface area contributed by atoms with Crippen molar-refractivity contribution in [2.75, 3.05) is 6.54 Å². The molecule has 0 bridgehead atoms. The van der Waals surface area contributed by atoms with Crippen LogP contribution in [0.3, 0.4) is 0 Å². The molecule has 1 aromatic heterocycles. The maximum atomic E-state index is 5.41. The molecule has 0 unspecified atom stereocenters. The molecule has 0 radical (unpaired) electrons. The average Bonchev–Trinajstić information content (AvgIpc) is 2.88. The van der Waals surface area contributed by atoms with E-state index >= 15 is 0 Å². The molecule has 0 atom stereocenters. The zero-order valence-corrected chi connectivity index (χ0v) is 12.6. The quantitative estimate of drug-likeness (QED) is 0.773. The van der Waals surface area contributed by atoms with Crippen LogP contribution in [0.5, 0.6) is 0 Å². The van der Waals surface area contributed by atoms with Crippen LogP contribution in [0.4, 0.5) is 0 Å². The molecule has 1 N–H and O–H groups in total. The minimum Gasteiger partial charge on any atom is -0.356 e. The molecule has 0 spiro atoms. The largest absolute Gasteiger partial charge is 0.356 e. The van der Waals surface area contributed by atoms with Crippen LogP contribution in [0.2, 0.25) is 0 Å². The molecule has 2 aromatic rings. The summed E-state index contributed by atoms with van der Waals surface area (Å²) in [5, 5.41) is 7.42. The van der Waals surface area contributed by atoms with Crippen LogP contribution in [0, 0.1) is 5.92 Å². The normalized spacial score (nSPS) is 11.2. The number of rotatable bonds is 7. The summed E-state index contributed by atoms with van der Waals surface area (Å²) in [6, 6.07) is 10.6. The first-order valence-electron chi connectivity index (χ1n) is 7.44. The Kier molecular flexibility index (Phi) is 5.36. The lowest BCUT2D eigenvalue weighted by Crippen LogP contribution is -2.13. The molecule has 2 rings (SSSR count). The number of hydrogen-bond acceptors (Lipinski definition) is 3. The fourth-order valence-corrected chi connectivity index (χ4v) is 2.20. The lowest BCUT2D eigenvalue weighted by Gasteiger charge is -2.04. The van der Waals surface area contributed by atoms with E-state index in [-0.39, 0.29) is 0 Å². The predicted octanol–water partition coefficient (Wildman–Crippen LogP) is 4.04. The van der Waals surface area contributed by atoms with Crippen molar-refractivity contribution in [1.29, 1.82) is 0 Å². The van der Waals surface area contributed by atoms with Gasteiger partial charge in [0.25, 0.3) is 0 Å². The van der Waals surface area contributed by atoms with Gasteiger partial charge in [0.1, 0.15) is 0 Å². The van der Waals surface area contributed by atoms with Crippen molar-refractivity contribution in [3.05, 3.63) is 41.6 Å². The van der Waals surface area contributed by atoms with E-state index in [2.05, 4.69) is 55.5 Å². The first-order chi connectivity index (χ1) is 9.69. The third-order valence-corrected chi connectivity index (χ3v) is 3.17. The molecule has 1 aromatic carbocycles. The minimum atomic E-state index is 0.683. The van der Waals surface area contributed by atoms with Gasteiger partial charge in [-0.05, 0) is 30.9 Å². The Bertz CT molecular complexity index is 514. The zero-order chi connectivity index (χ0) is 14.4. The van der Waals surface area contributed by atoms with Gasteiger partial charge in [0, 0.05) is 18.2 Å².